The second kappa shape index (κ2) is 4.62. The average molecular weight is 251 g/mol. The van der Waals surface area contributed by atoms with Gasteiger partial charge in [-0.2, -0.15) is 0 Å². The fourth-order valence-corrected chi connectivity index (χ4v) is 4.31. The first-order valence-electron chi connectivity index (χ1n) is 7.36. The van der Waals surface area contributed by atoms with Crippen LogP contribution in [-0.2, 0) is 4.74 Å². The van der Waals surface area contributed by atoms with Gasteiger partial charge in [0.05, 0.1) is 18.3 Å². The van der Waals surface area contributed by atoms with Crippen LogP contribution < -0.4 is 0 Å². The molecule has 0 bridgehead atoms. The molecule has 3 aliphatic rings. The molecular formula is C15H25NO2. The van der Waals surface area contributed by atoms with E-state index in [-0.39, 0.29) is 18.3 Å². The van der Waals surface area contributed by atoms with Gasteiger partial charge in [0.1, 0.15) is 0 Å². The Morgan fingerprint density at radius 2 is 2.17 bits per heavy atom. The molecule has 1 spiro atoms. The van der Waals surface area contributed by atoms with Crippen LogP contribution in [0.4, 0.5) is 0 Å². The van der Waals surface area contributed by atoms with E-state index in [0.717, 1.165) is 6.42 Å². The van der Waals surface area contributed by atoms with Gasteiger partial charge in [-0.15, -0.1) is 0 Å². The van der Waals surface area contributed by atoms with Gasteiger partial charge < -0.3 is 14.7 Å². The largest absolute Gasteiger partial charge is 0.393 e. The number of ether oxygens (including phenoxy) is 1. The van der Waals surface area contributed by atoms with E-state index >= 15 is 0 Å². The van der Waals surface area contributed by atoms with Gasteiger partial charge in [-0.25, -0.2) is 0 Å². The standard InChI is InChI=1S/C15H25NO2/c1-11-9-15(8-7-12(10-17)18-15)13-5-3-4-6-14(13)16(11)2/h7-8,11-14,17H,3-6,9-10H2,1-2H3/t11-,12?,13+,14+,15-/m1/s1. The van der Waals surface area contributed by atoms with Crippen molar-refractivity contribution in [2.75, 3.05) is 13.7 Å². The van der Waals surface area contributed by atoms with Crippen molar-refractivity contribution in [3.8, 4) is 0 Å². The van der Waals surface area contributed by atoms with Crippen molar-refractivity contribution in [2.24, 2.45) is 5.92 Å². The third-order valence-electron chi connectivity index (χ3n) is 5.33. The molecule has 3 heteroatoms. The van der Waals surface area contributed by atoms with E-state index in [0.29, 0.717) is 18.0 Å². The summed E-state index contributed by atoms with van der Waals surface area (Å²) in [6.07, 6.45) is 10.6. The molecule has 1 saturated carbocycles. The Bertz CT molecular complexity index is 343. The van der Waals surface area contributed by atoms with Gasteiger partial charge in [0, 0.05) is 18.0 Å². The van der Waals surface area contributed by atoms with Crippen molar-refractivity contribution < 1.29 is 9.84 Å². The van der Waals surface area contributed by atoms with Gasteiger partial charge in [-0.3, -0.25) is 0 Å². The number of nitrogens with zero attached hydrogens (tertiary/aromatic N) is 1. The van der Waals surface area contributed by atoms with Gasteiger partial charge >= 0.3 is 0 Å². The number of hydrogen-bond donors (Lipinski definition) is 1. The second-order valence-electron chi connectivity index (χ2n) is 6.33. The fourth-order valence-electron chi connectivity index (χ4n) is 4.31. The highest BCUT2D eigenvalue weighted by molar-refractivity contribution is 5.19. The molecule has 0 aromatic heterocycles. The minimum absolute atomic E-state index is 0.0804. The summed E-state index contributed by atoms with van der Waals surface area (Å²) in [5.74, 6) is 0.611. The lowest BCUT2D eigenvalue weighted by molar-refractivity contribution is -0.146. The van der Waals surface area contributed by atoms with Crippen LogP contribution in [0.25, 0.3) is 0 Å². The summed E-state index contributed by atoms with van der Waals surface area (Å²) in [5.41, 5.74) is -0.0928. The van der Waals surface area contributed by atoms with Crippen molar-refractivity contribution in [1.29, 1.82) is 0 Å². The van der Waals surface area contributed by atoms with Crippen LogP contribution in [0.1, 0.15) is 39.0 Å². The third kappa shape index (κ3) is 1.84. The maximum atomic E-state index is 9.31. The van der Waals surface area contributed by atoms with Crippen molar-refractivity contribution in [2.45, 2.75) is 62.8 Å². The lowest BCUT2D eigenvalue weighted by Gasteiger charge is -2.54. The molecule has 0 aromatic carbocycles. The van der Waals surface area contributed by atoms with Crippen molar-refractivity contribution in [1.82, 2.24) is 4.90 Å². The lowest BCUT2D eigenvalue weighted by Crippen LogP contribution is -2.60. The molecule has 5 atom stereocenters. The molecule has 0 radical (unpaired) electrons. The molecule has 3 nitrogen and oxygen atoms in total. The van der Waals surface area contributed by atoms with E-state index in [1.807, 2.05) is 0 Å². The van der Waals surface area contributed by atoms with Gasteiger partial charge in [0.15, 0.2) is 0 Å². The number of fused-ring (bicyclic) bond motifs is 2. The maximum absolute atomic E-state index is 9.31. The van der Waals surface area contributed by atoms with Crippen LogP contribution in [0.2, 0.25) is 0 Å². The summed E-state index contributed by atoms with van der Waals surface area (Å²) in [7, 11) is 2.27. The third-order valence-corrected chi connectivity index (χ3v) is 5.33. The predicted molar refractivity (Wildman–Crippen MR) is 71.4 cm³/mol. The summed E-state index contributed by atoms with van der Waals surface area (Å²) in [5, 5.41) is 9.31. The van der Waals surface area contributed by atoms with Gasteiger partial charge in [0.2, 0.25) is 0 Å². The van der Waals surface area contributed by atoms with E-state index in [4.69, 9.17) is 4.74 Å². The van der Waals surface area contributed by atoms with E-state index in [1.165, 1.54) is 25.7 Å². The van der Waals surface area contributed by atoms with Crippen LogP contribution in [0.15, 0.2) is 12.2 Å². The van der Waals surface area contributed by atoms with Gasteiger partial charge in [-0.05, 0) is 33.2 Å². The minimum Gasteiger partial charge on any atom is -0.393 e. The number of hydrogen-bond acceptors (Lipinski definition) is 3. The number of likely N-dealkylation sites (tertiary alicyclic amines) is 1. The monoisotopic (exact) mass is 251 g/mol. The smallest absolute Gasteiger partial charge is 0.0999 e. The van der Waals surface area contributed by atoms with E-state index in [9.17, 15) is 5.11 Å². The van der Waals surface area contributed by atoms with Crippen LogP contribution in [0.3, 0.4) is 0 Å². The maximum Gasteiger partial charge on any atom is 0.0999 e. The van der Waals surface area contributed by atoms with E-state index < -0.39 is 0 Å². The molecule has 0 amide bonds. The van der Waals surface area contributed by atoms with Crippen LogP contribution in [0, 0.1) is 5.92 Å². The Labute approximate surface area is 110 Å². The summed E-state index contributed by atoms with van der Waals surface area (Å²) in [6.45, 7) is 2.41. The molecule has 0 aromatic rings. The van der Waals surface area contributed by atoms with Crippen molar-refractivity contribution >= 4 is 0 Å². The molecule has 1 unspecified atom stereocenters. The summed E-state index contributed by atoms with van der Waals surface area (Å²) in [6, 6.07) is 1.22. The molecule has 102 valence electrons. The van der Waals surface area contributed by atoms with Crippen molar-refractivity contribution in [3.63, 3.8) is 0 Å². The molecule has 1 aliphatic carbocycles. The first-order valence-corrected chi connectivity index (χ1v) is 7.36. The minimum atomic E-state index is -0.0928. The summed E-state index contributed by atoms with van der Waals surface area (Å²) in [4.78, 5) is 2.55. The first kappa shape index (κ1) is 12.6. The Hall–Kier alpha value is -0.380. The highest BCUT2D eigenvalue weighted by Crippen LogP contribution is 2.48. The van der Waals surface area contributed by atoms with E-state index in [2.05, 4.69) is 31.0 Å². The Balaban J connectivity index is 1.87. The zero-order chi connectivity index (χ0) is 12.8. The number of aliphatic hydroxyl groups is 1. The molecule has 1 saturated heterocycles. The van der Waals surface area contributed by atoms with Crippen LogP contribution in [0.5, 0.6) is 0 Å². The average Bonchev–Trinajstić information content (AvgIpc) is 2.81. The van der Waals surface area contributed by atoms with Gasteiger partial charge in [0.25, 0.3) is 0 Å². The lowest BCUT2D eigenvalue weighted by atomic mass is 9.67. The summed E-state index contributed by atoms with van der Waals surface area (Å²) < 4.78 is 6.24. The molecule has 2 heterocycles. The fraction of sp³-hybridized carbons (Fsp3) is 0.867. The highest BCUT2D eigenvalue weighted by Gasteiger charge is 2.52. The normalized spacial score (nSPS) is 48.6. The first-order chi connectivity index (χ1) is 8.66. The number of aliphatic hydroxyl groups excluding tert-OH is 1. The SMILES string of the molecule is C[C@@H]1C[C@]2(C=CC(CO)O2)[C@H]2CCCC[C@@H]2N1C. The Kier molecular flexibility index (Phi) is 3.25. The zero-order valence-corrected chi connectivity index (χ0v) is 11.5. The van der Waals surface area contributed by atoms with E-state index in [1.54, 1.807) is 0 Å². The molecule has 2 fully saturated rings. The molecule has 3 rings (SSSR count). The highest BCUT2D eigenvalue weighted by atomic mass is 16.5. The molecule has 1 N–H and O–H groups in total. The number of piperidine rings is 1. The second-order valence-corrected chi connectivity index (χ2v) is 6.33. The summed E-state index contributed by atoms with van der Waals surface area (Å²) >= 11 is 0. The topological polar surface area (TPSA) is 32.7 Å². The predicted octanol–water partition coefficient (Wildman–Crippen LogP) is 1.96. The van der Waals surface area contributed by atoms with Crippen LogP contribution >= 0.6 is 0 Å². The molecule has 2 aliphatic heterocycles. The molecule has 18 heavy (non-hydrogen) atoms. The quantitative estimate of drug-likeness (QED) is 0.723. The van der Waals surface area contributed by atoms with Gasteiger partial charge in [-0.1, -0.05) is 25.0 Å². The van der Waals surface area contributed by atoms with Crippen molar-refractivity contribution in [3.05, 3.63) is 12.2 Å². The number of rotatable bonds is 1. The molecular weight excluding hydrogens is 226 g/mol. The Morgan fingerprint density at radius 1 is 1.39 bits per heavy atom. The van der Waals surface area contributed by atoms with Crippen LogP contribution in [-0.4, -0.2) is 47.4 Å². The Morgan fingerprint density at radius 3 is 2.89 bits per heavy atom. The zero-order valence-electron chi connectivity index (χ0n) is 11.5.